The molecule has 0 saturated heterocycles. The van der Waals surface area contributed by atoms with Crippen LogP contribution in [0.25, 0.3) is 11.4 Å². The summed E-state index contributed by atoms with van der Waals surface area (Å²) >= 11 is 0. The fourth-order valence-corrected chi connectivity index (χ4v) is 1.69. The van der Waals surface area contributed by atoms with Crippen molar-refractivity contribution in [2.24, 2.45) is 0 Å². The summed E-state index contributed by atoms with van der Waals surface area (Å²) in [5.74, 6) is 1.18. The van der Waals surface area contributed by atoms with E-state index in [1.165, 1.54) is 6.33 Å². The lowest BCUT2D eigenvalue weighted by Gasteiger charge is -2.05. The zero-order chi connectivity index (χ0) is 13.1. The van der Waals surface area contributed by atoms with E-state index in [0.717, 1.165) is 11.4 Å². The lowest BCUT2D eigenvalue weighted by molar-refractivity contribution is 0.462. The summed E-state index contributed by atoms with van der Waals surface area (Å²) in [5.41, 5.74) is 8.02. The van der Waals surface area contributed by atoms with Crippen LogP contribution in [0.15, 0.2) is 55.0 Å². The van der Waals surface area contributed by atoms with Crippen LogP contribution in [0.1, 0.15) is 0 Å². The summed E-state index contributed by atoms with van der Waals surface area (Å²) in [4.78, 5) is 11.4. The van der Waals surface area contributed by atoms with Gasteiger partial charge in [0, 0.05) is 18.0 Å². The van der Waals surface area contributed by atoms with Gasteiger partial charge in [0.1, 0.15) is 12.1 Å². The van der Waals surface area contributed by atoms with Gasteiger partial charge in [-0.1, -0.05) is 0 Å². The first-order valence-electron chi connectivity index (χ1n) is 5.80. The van der Waals surface area contributed by atoms with Crippen molar-refractivity contribution in [2.45, 2.75) is 0 Å². The molecule has 2 heterocycles. The molecule has 0 saturated carbocycles. The van der Waals surface area contributed by atoms with Crippen molar-refractivity contribution in [3.8, 4) is 23.0 Å². The number of hydrogen-bond donors (Lipinski definition) is 2. The van der Waals surface area contributed by atoms with Crippen LogP contribution in [0.3, 0.4) is 0 Å². The van der Waals surface area contributed by atoms with Crippen LogP contribution < -0.4 is 10.5 Å². The van der Waals surface area contributed by atoms with Gasteiger partial charge in [-0.2, -0.15) is 0 Å². The Balaban J connectivity index is 1.85. The molecule has 19 heavy (non-hydrogen) atoms. The summed E-state index contributed by atoms with van der Waals surface area (Å²) < 4.78 is 5.65. The largest absolute Gasteiger partial charge is 0.439 e. The number of ether oxygens (including phenoxy) is 1. The Morgan fingerprint density at radius 3 is 2.63 bits per heavy atom. The number of benzene rings is 1. The molecule has 3 aromatic rings. The quantitative estimate of drug-likeness (QED) is 0.703. The monoisotopic (exact) mass is 252 g/mol. The van der Waals surface area contributed by atoms with Gasteiger partial charge >= 0.3 is 0 Å². The first kappa shape index (κ1) is 11.3. The second kappa shape index (κ2) is 4.81. The summed E-state index contributed by atoms with van der Waals surface area (Å²) in [5, 5.41) is 0. The Bertz CT molecular complexity index is 662. The molecule has 0 amide bonds. The molecule has 5 heteroatoms. The molecular weight excluding hydrogens is 240 g/mol. The zero-order valence-electron chi connectivity index (χ0n) is 10.1. The minimum absolute atomic E-state index is 0.490. The normalized spacial score (nSPS) is 10.3. The molecule has 0 spiro atoms. The number of anilines is 1. The molecule has 0 radical (unpaired) electrons. The van der Waals surface area contributed by atoms with Crippen LogP contribution in [0.2, 0.25) is 0 Å². The van der Waals surface area contributed by atoms with Crippen LogP contribution in [-0.2, 0) is 0 Å². The number of nitrogens with two attached hydrogens (primary N) is 1. The first-order valence-corrected chi connectivity index (χ1v) is 5.80. The van der Waals surface area contributed by atoms with Gasteiger partial charge in [-0.15, -0.1) is 0 Å². The zero-order valence-corrected chi connectivity index (χ0v) is 10.1. The second-order valence-corrected chi connectivity index (χ2v) is 4.00. The van der Waals surface area contributed by atoms with Gasteiger partial charge < -0.3 is 15.5 Å². The van der Waals surface area contributed by atoms with Crippen molar-refractivity contribution in [3.63, 3.8) is 0 Å². The predicted octanol–water partition coefficient (Wildman–Crippen LogP) is 2.85. The molecule has 0 aliphatic carbocycles. The molecule has 0 fully saturated rings. The molecule has 0 unspecified atom stereocenters. The summed E-state index contributed by atoms with van der Waals surface area (Å²) in [6.07, 6.45) is 3.32. The number of aromatic amines is 1. The molecule has 1 aromatic carbocycles. The number of nitrogens with zero attached hydrogens (tertiary/aromatic N) is 2. The average molecular weight is 252 g/mol. The Morgan fingerprint density at radius 2 is 1.89 bits per heavy atom. The molecular formula is C14H12N4O. The van der Waals surface area contributed by atoms with Crippen molar-refractivity contribution >= 4 is 5.69 Å². The smallest absolute Gasteiger partial charge is 0.222 e. The SMILES string of the molecule is Nc1ccc(Oc2cc(-c3ccc[nH]3)ncn2)cc1. The maximum atomic E-state index is 5.65. The lowest BCUT2D eigenvalue weighted by atomic mass is 10.3. The standard InChI is InChI=1S/C14H12N4O/c15-10-3-5-11(6-4-10)19-14-8-13(17-9-18-14)12-2-1-7-16-12/h1-9,16H,15H2. The number of aromatic nitrogens is 3. The van der Waals surface area contributed by atoms with Gasteiger partial charge in [0.05, 0.1) is 11.4 Å². The highest BCUT2D eigenvalue weighted by Crippen LogP contribution is 2.23. The highest BCUT2D eigenvalue weighted by molar-refractivity contribution is 5.55. The Kier molecular flexibility index (Phi) is 2.86. The minimum Gasteiger partial charge on any atom is -0.439 e. The van der Waals surface area contributed by atoms with Gasteiger partial charge in [-0.25, -0.2) is 9.97 Å². The van der Waals surface area contributed by atoms with Crippen LogP contribution >= 0.6 is 0 Å². The van der Waals surface area contributed by atoms with Crippen molar-refractivity contribution < 1.29 is 4.74 Å². The molecule has 3 rings (SSSR count). The van der Waals surface area contributed by atoms with E-state index in [1.807, 2.05) is 18.3 Å². The van der Waals surface area contributed by atoms with Crippen LogP contribution in [0.5, 0.6) is 11.6 Å². The van der Waals surface area contributed by atoms with E-state index in [4.69, 9.17) is 10.5 Å². The minimum atomic E-state index is 0.490. The molecule has 5 nitrogen and oxygen atoms in total. The van der Waals surface area contributed by atoms with E-state index < -0.39 is 0 Å². The predicted molar refractivity (Wildman–Crippen MR) is 72.7 cm³/mol. The number of H-pyrrole nitrogens is 1. The highest BCUT2D eigenvalue weighted by atomic mass is 16.5. The molecule has 94 valence electrons. The van der Waals surface area contributed by atoms with E-state index in [0.29, 0.717) is 17.3 Å². The van der Waals surface area contributed by atoms with Gasteiger partial charge in [-0.3, -0.25) is 0 Å². The third-order valence-electron chi connectivity index (χ3n) is 2.62. The fourth-order valence-electron chi connectivity index (χ4n) is 1.69. The van der Waals surface area contributed by atoms with Gasteiger partial charge in [0.25, 0.3) is 0 Å². The number of hydrogen-bond acceptors (Lipinski definition) is 4. The number of rotatable bonds is 3. The van der Waals surface area contributed by atoms with Crippen molar-refractivity contribution in [1.29, 1.82) is 0 Å². The van der Waals surface area contributed by atoms with E-state index in [-0.39, 0.29) is 0 Å². The van der Waals surface area contributed by atoms with E-state index in [2.05, 4.69) is 15.0 Å². The lowest BCUT2D eigenvalue weighted by Crippen LogP contribution is -1.92. The highest BCUT2D eigenvalue weighted by Gasteiger charge is 2.04. The third-order valence-corrected chi connectivity index (χ3v) is 2.62. The Morgan fingerprint density at radius 1 is 1.05 bits per heavy atom. The van der Waals surface area contributed by atoms with E-state index in [9.17, 15) is 0 Å². The average Bonchev–Trinajstić information content (AvgIpc) is 2.96. The molecule has 3 N–H and O–H groups in total. The molecule has 0 aliphatic heterocycles. The number of nitrogen functional groups attached to an aromatic ring is 1. The van der Waals surface area contributed by atoms with Crippen LogP contribution in [-0.4, -0.2) is 15.0 Å². The summed E-state index contributed by atoms with van der Waals surface area (Å²) in [7, 11) is 0. The summed E-state index contributed by atoms with van der Waals surface area (Å²) in [6, 6.07) is 12.8. The molecule has 0 bridgehead atoms. The second-order valence-electron chi connectivity index (χ2n) is 4.00. The Hall–Kier alpha value is -2.82. The first-order chi connectivity index (χ1) is 9.31. The molecule has 0 aliphatic rings. The van der Waals surface area contributed by atoms with Gasteiger partial charge in [0.15, 0.2) is 0 Å². The topological polar surface area (TPSA) is 76.8 Å². The van der Waals surface area contributed by atoms with Crippen molar-refractivity contribution in [3.05, 3.63) is 55.0 Å². The van der Waals surface area contributed by atoms with Gasteiger partial charge in [0.2, 0.25) is 5.88 Å². The van der Waals surface area contributed by atoms with Crippen molar-refractivity contribution in [2.75, 3.05) is 5.73 Å². The third kappa shape index (κ3) is 2.55. The number of nitrogens with one attached hydrogen (secondary N) is 1. The maximum absolute atomic E-state index is 5.65. The van der Waals surface area contributed by atoms with Crippen molar-refractivity contribution in [1.82, 2.24) is 15.0 Å². The van der Waals surface area contributed by atoms with Gasteiger partial charge in [-0.05, 0) is 36.4 Å². The molecule has 0 atom stereocenters. The summed E-state index contributed by atoms with van der Waals surface area (Å²) in [6.45, 7) is 0. The fraction of sp³-hybridized carbons (Fsp3) is 0. The van der Waals surface area contributed by atoms with E-state index in [1.54, 1.807) is 30.3 Å². The van der Waals surface area contributed by atoms with Crippen LogP contribution in [0.4, 0.5) is 5.69 Å². The molecule has 2 aromatic heterocycles. The maximum Gasteiger partial charge on any atom is 0.222 e. The Labute approximate surface area is 110 Å². The van der Waals surface area contributed by atoms with E-state index >= 15 is 0 Å². The van der Waals surface area contributed by atoms with Crippen LogP contribution in [0, 0.1) is 0 Å².